The summed E-state index contributed by atoms with van der Waals surface area (Å²) < 4.78 is 5.95. The van der Waals surface area contributed by atoms with Crippen LogP contribution in [0.15, 0.2) is 84.9 Å². The van der Waals surface area contributed by atoms with Gasteiger partial charge in [0, 0.05) is 26.9 Å². The lowest BCUT2D eigenvalue weighted by Gasteiger charge is -2.22. The molecule has 0 bridgehead atoms. The zero-order valence-corrected chi connectivity index (χ0v) is 21.7. The predicted octanol–water partition coefficient (Wildman–Crippen LogP) is 8.68. The first kappa shape index (κ1) is 25.0. The number of rotatable bonds is 10. The number of aryl methyl sites for hydroxylation is 1. The molecule has 0 fully saturated rings. The van der Waals surface area contributed by atoms with E-state index in [1.165, 1.54) is 5.56 Å². The summed E-state index contributed by atoms with van der Waals surface area (Å²) in [6.07, 6.45) is 2.40. The average molecular weight is 504 g/mol. The van der Waals surface area contributed by atoms with Gasteiger partial charge in [0.2, 0.25) is 5.91 Å². The fourth-order valence-electron chi connectivity index (χ4n) is 3.77. The molecule has 35 heavy (non-hydrogen) atoms. The molecule has 5 heteroatoms. The van der Waals surface area contributed by atoms with Crippen LogP contribution in [-0.4, -0.2) is 5.91 Å². The zero-order valence-electron chi connectivity index (χ0n) is 20.2. The third-order valence-corrected chi connectivity index (χ3v) is 7.16. The molecule has 0 spiro atoms. The molecule has 0 aliphatic rings. The third kappa shape index (κ3) is 6.97. The standard InChI is InChI=1S/C30H30ClNO2S/c1-3-4-8-30(33)32(26-7-5-6-25(31)19-26)20-28-17-18-29(35-28)24-13-15-27(16-14-24)34-21-23-11-9-22(2)10-12-23/h5-7,9-19H,3-4,8,20-21H2,1-2H3. The van der Waals surface area contributed by atoms with E-state index >= 15 is 0 Å². The molecule has 3 nitrogen and oxygen atoms in total. The molecule has 1 heterocycles. The molecule has 0 N–H and O–H groups in total. The van der Waals surface area contributed by atoms with Gasteiger partial charge in [0.25, 0.3) is 0 Å². The van der Waals surface area contributed by atoms with Gasteiger partial charge in [-0.05, 0) is 79.1 Å². The highest BCUT2D eigenvalue weighted by molar-refractivity contribution is 7.15. The molecule has 180 valence electrons. The fourth-order valence-corrected chi connectivity index (χ4v) is 4.96. The van der Waals surface area contributed by atoms with Crippen molar-refractivity contribution in [2.75, 3.05) is 4.90 Å². The number of amides is 1. The van der Waals surface area contributed by atoms with Crippen LogP contribution in [0.2, 0.25) is 5.02 Å². The van der Waals surface area contributed by atoms with Crippen molar-refractivity contribution in [2.45, 2.75) is 46.3 Å². The van der Waals surface area contributed by atoms with Crippen molar-refractivity contribution in [3.8, 4) is 16.2 Å². The Hall–Kier alpha value is -3.08. The molecule has 1 amide bonds. The van der Waals surface area contributed by atoms with Crippen LogP contribution >= 0.6 is 22.9 Å². The van der Waals surface area contributed by atoms with Crippen LogP contribution in [0.5, 0.6) is 5.75 Å². The van der Waals surface area contributed by atoms with Crippen LogP contribution in [0.1, 0.15) is 42.2 Å². The Labute approximate surface area is 217 Å². The summed E-state index contributed by atoms with van der Waals surface area (Å²) >= 11 is 7.92. The minimum Gasteiger partial charge on any atom is -0.489 e. The first-order valence-electron chi connectivity index (χ1n) is 12.0. The van der Waals surface area contributed by atoms with E-state index in [2.05, 4.69) is 62.4 Å². The second kappa shape index (κ2) is 12.1. The molecule has 0 aliphatic heterocycles. The van der Waals surface area contributed by atoms with E-state index in [0.717, 1.165) is 45.2 Å². The van der Waals surface area contributed by atoms with E-state index in [-0.39, 0.29) is 5.91 Å². The molecule has 4 rings (SSSR count). The molecule has 0 saturated heterocycles. The number of benzene rings is 3. The largest absolute Gasteiger partial charge is 0.489 e. The highest BCUT2D eigenvalue weighted by Crippen LogP contribution is 2.32. The summed E-state index contributed by atoms with van der Waals surface area (Å²) in [5, 5.41) is 0.632. The topological polar surface area (TPSA) is 29.5 Å². The van der Waals surface area contributed by atoms with Gasteiger partial charge in [-0.1, -0.05) is 60.8 Å². The Bertz CT molecular complexity index is 1250. The minimum absolute atomic E-state index is 0.124. The van der Waals surface area contributed by atoms with Crippen LogP contribution in [-0.2, 0) is 17.9 Å². The van der Waals surface area contributed by atoms with Crippen LogP contribution in [0.4, 0.5) is 5.69 Å². The van der Waals surface area contributed by atoms with Gasteiger partial charge in [0.1, 0.15) is 12.4 Å². The lowest BCUT2D eigenvalue weighted by Crippen LogP contribution is -2.29. The molecule has 0 aliphatic carbocycles. The summed E-state index contributed by atoms with van der Waals surface area (Å²) in [6, 6.07) is 28.3. The van der Waals surface area contributed by atoms with Gasteiger partial charge in [-0.3, -0.25) is 4.79 Å². The number of unbranched alkanes of at least 4 members (excludes halogenated alkanes) is 1. The molecule has 0 saturated carbocycles. The van der Waals surface area contributed by atoms with Gasteiger partial charge in [-0.15, -0.1) is 11.3 Å². The lowest BCUT2D eigenvalue weighted by atomic mass is 10.1. The molecule has 0 radical (unpaired) electrons. The predicted molar refractivity (Wildman–Crippen MR) is 147 cm³/mol. The van der Waals surface area contributed by atoms with Gasteiger partial charge in [-0.2, -0.15) is 0 Å². The van der Waals surface area contributed by atoms with Crippen molar-refractivity contribution in [2.24, 2.45) is 0 Å². The Kier molecular flexibility index (Phi) is 8.62. The summed E-state index contributed by atoms with van der Waals surface area (Å²) in [5.74, 6) is 0.971. The monoisotopic (exact) mass is 503 g/mol. The summed E-state index contributed by atoms with van der Waals surface area (Å²) in [6.45, 7) is 5.26. The van der Waals surface area contributed by atoms with Crippen LogP contribution in [0.25, 0.3) is 10.4 Å². The summed E-state index contributed by atoms with van der Waals surface area (Å²) in [5.41, 5.74) is 4.37. The molecule has 1 aromatic heterocycles. The Morgan fingerprint density at radius 3 is 2.46 bits per heavy atom. The number of anilines is 1. The molecule has 3 aromatic carbocycles. The number of hydrogen-bond acceptors (Lipinski definition) is 3. The Morgan fingerprint density at radius 2 is 1.74 bits per heavy atom. The van der Waals surface area contributed by atoms with E-state index in [0.29, 0.717) is 24.6 Å². The van der Waals surface area contributed by atoms with E-state index in [1.807, 2.05) is 41.3 Å². The van der Waals surface area contributed by atoms with Crippen LogP contribution < -0.4 is 9.64 Å². The van der Waals surface area contributed by atoms with Crippen molar-refractivity contribution >= 4 is 34.5 Å². The fraction of sp³-hybridized carbons (Fsp3) is 0.233. The van der Waals surface area contributed by atoms with Gasteiger partial charge in [-0.25, -0.2) is 0 Å². The zero-order chi connectivity index (χ0) is 24.6. The first-order chi connectivity index (χ1) is 17.0. The number of hydrogen-bond donors (Lipinski definition) is 0. The number of halogens is 1. The number of thiophene rings is 1. The van der Waals surface area contributed by atoms with E-state index in [9.17, 15) is 4.79 Å². The molecule has 0 unspecified atom stereocenters. The second-order valence-corrected chi connectivity index (χ2v) is 10.2. The van der Waals surface area contributed by atoms with Gasteiger partial charge < -0.3 is 9.64 Å². The van der Waals surface area contributed by atoms with E-state index in [1.54, 1.807) is 11.3 Å². The SMILES string of the molecule is CCCCC(=O)N(Cc1ccc(-c2ccc(OCc3ccc(C)cc3)cc2)s1)c1cccc(Cl)c1. The minimum atomic E-state index is 0.124. The normalized spacial score (nSPS) is 10.8. The molecule has 0 atom stereocenters. The Balaban J connectivity index is 1.44. The van der Waals surface area contributed by atoms with E-state index in [4.69, 9.17) is 16.3 Å². The molecule has 4 aromatic rings. The maximum Gasteiger partial charge on any atom is 0.227 e. The van der Waals surface area contributed by atoms with Gasteiger partial charge in [0.15, 0.2) is 0 Å². The van der Waals surface area contributed by atoms with Crippen LogP contribution in [0.3, 0.4) is 0 Å². The molecular weight excluding hydrogens is 474 g/mol. The smallest absolute Gasteiger partial charge is 0.227 e. The maximum atomic E-state index is 13.0. The highest BCUT2D eigenvalue weighted by Gasteiger charge is 2.17. The van der Waals surface area contributed by atoms with Gasteiger partial charge >= 0.3 is 0 Å². The number of carbonyl (C=O) groups excluding carboxylic acids is 1. The molecular formula is C30H30ClNO2S. The average Bonchev–Trinajstić information content (AvgIpc) is 3.34. The first-order valence-corrected chi connectivity index (χ1v) is 13.1. The summed E-state index contributed by atoms with van der Waals surface area (Å²) in [7, 11) is 0. The third-order valence-electron chi connectivity index (χ3n) is 5.81. The van der Waals surface area contributed by atoms with Crippen molar-refractivity contribution in [1.82, 2.24) is 0 Å². The van der Waals surface area contributed by atoms with Crippen molar-refractivity contribution in [3.63, 3.8) is 0 Å². The highest BCUT2D eigenvalue weighted by atomic mass is 35.5. The lowest BCUT2D eigenvalue weighted by molar-refractivity contribution is -0.118. The van der Waals surface area contributed by atoms with Gasteiger partial charge in [0.05, 0.1) is 6.54 Å². The van der Waals surface area contributed by atoms with Crippen molar-refractivity contribution in [1.29, 1.82) is 0 Å². The number of nitrogens with zero attached hydrogens (tertiary/aromatic N) is 1. The number of ether oxygens (including phenoxy) is 1. The van der Waals surface area contributed by atoms with Crippen LogP contribution in [0, 0.1) is 6.92 Å². The number of carbonyl (C=O) groups is 1. The van der Waals surface area contributed by atoms with Crippen molar-refractivity contribution in [3.05, 3.63) is 106 Å². The second-order valence-electron chi connectivity index (χ2n) is 8.63. The quantitative estimate of drug-likeness (QED) is 0.216. The summed E-state index contributed by atoms with van der Waals surface area (Å²) in [4.78, 5) is 17.1. The van der Waals surface area contributed by atoms with Crippen molar-refractivity contribution < 1.29 is 9.53 Å². The Morgan fingerprint density at radius 1 is 0.971 bits per heavy atom. The van der Waals surface area contributed by atoms with E-state index < -0.39 is 0 Å². The maximum absolute atomic E-state index is 13.0.